The molecule has 0 saturated carbocycles. The SMILES string of the molecule is CNC(C(=O)O)C(C(=O)O)C(C(=O)O)C(=O)O. The van der Waals surface area contributed by atoms with E-state index in [1.54, 1.807) is 0 Å². The second-order valence-electron chi connectivity index (χ2n) is 3.12. The predicted octanol–water partition coefficient (Wildman–Crippen LogP) is -1.85. The molecule has 2 atom stereocenters. The summed E-state index contributed by atoms with van der Waals surface area (Å²) < 4.78 is 0. The quantitative estimate of drug-likeness (QED) is 0.326. The van der Waals surface area contributed by atoms with E-state index < -0.39 is 41.8 Å². The van der Waals surface area contributed by atoms with Crippen molar-refractivity contribution in [2.24, 2.45) is 11.8 Å². The second-order valence-corrected chi connectivity index (χ2v) is 3.12. The van der Waals surface area contributed by atoms with Crippen molar-refractivity contribution in [3.63, 3.8) is 0 Å². The van der Waals surface area contributed by atoms with Gasteiger partial charge in [-0.1, -0.05) is 0 Å². The van der Waals surface area contributed by atoms with Crippen LogP contribution in [0, 0.1) is 11.8 Å². The molecule has 0 aliphatic heterocycles. The Bertz CT molecular complexity index is 337. The summed E-state index contributed by atoms with van der Waals surface area (Å²) in [5.41, 5.74) is 0. The number of carbonyl (C=O) groups is 4. The fourth-order valence-electron chi connectivity index (χ4n) is 1.35. The Morgan fingerprint density at radius 3 is 1.41 bits per heavy atom. The summed E-state index contributed by atoms with van der Waals surface area (Å²) in [6.07, 6.45) is 0. The molecule has 0 aliphatic rings. The van der Waals surface area contributed by atoms with Gasteiger partial charge in [-0.3, -0.25) is 19.2 Å². The fraction of sp³-hybridized carbons (Fsp3) is 0.500. The summed E-state index contributed by atoms with van der Waals surface area (Å²) >= 11 is 0. The van der Waals surface area contributed by atoms with Crippen LogP contribution in [0.2, 0.25) is 0 Å². The van der Waals surface area contributed by atoms with Crippen molar-refractivity contribution < 1.29 is 39.6 Å². The molecule has 0 fully saturated rings. The summed E-state index contributed by atoms with van der Waals surface area (Å²) in [4.78, 5) is 42.9. The van der Waals surface area contributed by atoms with Crippen LogP contribution in [0.3, 0.4) is 0 Å². The number of carboxylic acids is 4. The molecule has 0 radical (unpaired) electrons. The van der Waals surface area contributed by atoms with Crippen LogP contribution >= 0.6 is 0 Å². The first-order chi connectivity index (χ1) is 7.73. The monoisotopic (exact) mass is 249 g/mol. The minimum absolute atomic E-state index is 1.09. The number of hydrogen-bond acceptors (Lipinski definition) is 5. The van der Waals surface area contributed by atoms with Crippen LogP contribution in [0.15, 0.2) is 0 Å². The van der Waals surface area contributed by atoms with Gasteiger partial charge >= 0.3 is 23.9 Å². The van der Waals surface area contributed by atoms with Gasteiger partial charge in [0.15, 0.2) is 5.92 Å². The highest BCUT2D eigenvalue weighted by Crippen LogP contribution is 2.18. The number of hydrogen-bond donors (Lipinski definition) is 5. The Labute approximate surface area is 94.7 Å². The lowest BCUT2D eigenvalue weighted by molar-refractivity contribution is -0.167. The Morgan fingerprint density at radius 2 is 1.24 bits per heavy atom. The third-order valence-electron chi connectivity index (χ3n) is 2.11. The van der Waals surface area contributed by atoms with Crippen molar-refractivity contribution in [1.82, 2.24) is 5.32 Å². The van der Waals surface area contributed by atoms with Gasteiger partial charge in [-0.2, -0.15) is 0 Å². The molecule has 0 amide bonds. The molecule has 0 aliphatic carbocycles. The Balaban J connectivity index is 5.47. The van der Waals surface area contributed by atoms with Crippen LogP contribution in [0.5, 0.6) is 0 Å². The topological polar surface area (TPSA) is 161 Å². The number of rotatable bonds is 7. The van der Waals surface area contributed by atoms with E-state index >= 15 is 0 Å². The molecule has 2 unspecified atom stereocenters. The lowest BCUT2D eigenvalue weighted by Crippen LogP contribution is -2.51. The van der Waals surface area contributed by atoms with Crippen molar-refractivity contribution >= 4 is 23.9 Å². The molecule has 0 rings (SSSR count). The van der Waals surface area contributed by atoms with E-state index in [0.717, 1.165) is 7.05 Å². The second kappa shape index (κ2) is 5.80. The molecule has 0 spiro atoms. The average molecular weight is 249 g/mol. The number of aliphatic carboxylic acids is 4. The summed E-state index contributed by atoms with van der Waals surface area (Å²) in [6, 6.07) is -1.82. The van der Waals surface area contributed by atoms with Gasteiger partial charge in [-0.15, -0.1) is 0 Å². The van der Waals surface area contributed by atoms with Gasteiger partial charge in [0.25, 0.3) is 0 Å². The van der Waals surface area contributed by atoms with Crippen molar-refractivity contribution in [3.05, 3.63) is 0 Å². The highest BCUT2D eigenvalue weighted by Gasteiger charge is 2.46. The van der Waals surface area contributed by atoms with Crippen LogP contribution in [0.4, 0.5) is 0 Å². The Morgan fingerprint density at radius 1 is 0.824 bits per heavy atom. The van der Waals surface area contributed by atoms with Gasteiger partial charge in [0.05, 0.1) is 0 Å². The van der Waals surface area contributed by atoms with Gasteiger partial charge in [0, 0.05) is 0 Å². The molecule has 96 valence electrons. The molecule has 9 nitrogen and oxygen atoms in total. The first kappa shape index (κ1) is 14.8. The Hall–Kier alpha value is -2.16. The van der Waals surface area contributed by atoms with Crippen LogP contribution in [-0.4, -0.2) is 57.4 Å². The van der Waals surface area contributed by atoms with Crippen LogP contribution in [0.25, 0.3) is 0 Å². The highest BCUT2D eigenvalue weighted by atomic mass is 16.4. The van der Waals surface area contributed by atoms with Gasteiger partial charge in [0.2, 0.25) is 0 Å². The molecule has 0 aromatic carbocycles. The summed E-state index contributed by atoms with van der Waals surface area (Å²) in [7, 11) is 1.09. The summed E-state index contributed by atoms with van der Waals surface area (Å²) in [5.74, 6) is -11.7. The maximum absolute atomic E-state index is 10.8. The molecule has 0 heterocycles. The number of likely N-dealkylation sites (N-methyl/N-ethyl adjacent to an activating group) is 1. The van der Waals surface area contributed by atoms with Crippen LogP contribution in [0.1, 0.15) is 0 Å². The average Bonchev–Trinajstić information content (AvgIpc) is 2.15. The Kier molecular flexibility index (Phi) is 5.06. The fourth-order valence-corrected chi connectivity index (χ4v) is 1.35. The molecule has 17 heavy (non-hydrogen) atoms. The van der Waals surface area contributed by atoms with Crippen LogP contribution in [-0.2, 0) is 19.2 Å². The number of carboxylic acid groups (broad SMARTS) is 4. The molecule has 9 heteroatoms. The van der Waals surface area contributed by atoms with E-state index in [0.29, 0.717) is 0 Å². The smallest absolute Gasteiger partial charge is 0.321 e. The first-order valence-electron chi connectivity index (χ1n) is 4.32. The molecule has 5 N–H and O–H groups in total. The lowest BCUT2D eigenvalue weighted by Gasteiger charge is -2.22. The van der Waals surface area contributed by atoms with Crippen molar-refractivity contribution in [2.75, 3.05) is 7.05 Å². The van der Waals surface area contributed by atoms with Gasteiger partial charge < -0.3 is 25.7 Å². The minimum atomic E-state index is -2.35. The minimum Gasteiger partial charge on any atom is -0.481 e. The van der Waals surface area contributed by atoms with Crippen LogP contribution < -0.4 is 5.32 Å². The van der Waals surface area contributed by atoms with E-state index in [1.165, 1.54) is 0 Å². The molecule has 0 aromatic heterocycles. The zero-order valence-electron chi connectivity index (χ0n) is 8.65. The summed E-state index contributed by atoms with van der Waals surface area (Å²) in [5, 5.41) is 36.8. The standard InChI is InChI=1S/C8H11NO8/c1-9-4(8(16)17)2(5(10)11)3(6(12)13)7(14)15/h2-4,9H,1H3,(H,10,11)(H,12,13)(H,14,15)(H,16,17). The highest BCUT2D eigenvalue weighted by molar-refractivity contribution is 5.99. The van der Waals surface area contributed by atoms with Crippen molar-refractivity contribution in [2.45, 2.75) is 6.04 Å². The molecule has 0 saturated heterocycles. The van der Waals surface area contributed by atoms with Gasteiger partial charge in [-0.05, 0) is 7.05 Å². The molecule has 0 aromatic rings. The van der Waals surface area contributed by atoms with Crippen molar-refractivity contribution in [1.29, 1.82) is 0 Å². The van der Waals surface area contributed by atoms with E-state index in [4.69, 9.17) is 20.4 Å². The largest absolute Gasteiger partial charge is 0.481 e. The molecular formula is C8H11NO8. The van der Waals surface area contributed by atoms with E-state index in [9.17, 15) is 19.2 Å². The lowest BCUT2D eigenvalue weighted by atomic mass is 9.86. The normalized spacial score (nSPS) is 14.0. The van der Waals surface area contributed by atoms with Gasteiger partial charge in [-0.25, -0.2) is 0 Å². The zero-order valence-corrected chi connectivity index (χ0v) is 8.65. The third-order valence-corrected chi connectivity index (χ3v) is 2.11. The predicted molar refractivity (Wildman–Crippen MR) is 50.4 cm³/mol. The maximum Gasteiger partial charge on any atom is 0.321 e. The van der Waals surface area contributed by atoms with E-state index in [2.05, 4.69) is 5.32 Å². The van der Waals surface area contributed by atoms with E-state index in [1.807, 2.05) is 0 Å². The zero-order chi connectivity index (χ0) is 13.7. The number of nitrogens with one attached hydrogen (secondary N) is 1. The maximum atomic E-state index is 10.8. The first-order valence-corrected chi connectivity index (χ1v) is 4.32. The molecule has 0 bridgehead atoms. The molecular weight excluding hydrogens is 238 g/mol. The van der Waals surface area contributed by atoms with Crippen molar-refractivity contribution in [3.8, 4) is 0 Å². The summed E-state index contributed by atoms with van der Waals surface area (Å²) in [6.45, 7) is 0. The van der Waals surface area contributed by atoms with Gasteiger partial charge in [0.1, 0.15) is 12.0 Å². The van der Waals surface area contributed by atoms with E-state index in [-0.39, 0.29) is 0 Å². The third kappa shape index (κ3) is 3.41.